The summed E-state index contributed by atoms with van der Waals surface area (Å²) in [5, 5.41) is 9.53. The molecule has 0 amide bonds. The monoisotopic (exact) mass is 249 g/mol. The van der Waals surface area contributed by atoms with E-state index in [0.717, 1.165) is 24.3 Å². The van der Waals surface area contributed by atoms with Gasteiger partial charge in [-0.2, -0.15) is 0 Å². The Kier molecular flexibility index (Phi) is 3.45. The molecule has 1 aliphatic rings. The van der Waals surface area contributed by atoms with Crippen molar-refractivity contribution >= 4 is 11.7 Å². The Bertz CT molecular complexity index is 421. The highest BCUT2D eigenvalue weighted by Crippen LogP contribution is 2.37. The van der Waals surface area contributed by atoms with Gasteiger partial charge in [-0.25, -0.2) is 4.79 Å². The number of rotatable bonds is 4. The number of aliphatic carboxylic acids is 1. The molecular weight excluding hydrogens is 230 g/mol. The van der Waals surface area contributed by atoms with Gasteiger partial charge in [0.2, 0.25) is 0 Å². The number of hydrogen-bond donors (Lipinski definition) is 1. The van der Waals surface area contributed by atoms with Crippen LogP contribution >= 0.6 is 0 Å². The van der Waals surface area contributed by atoms with Crippen LogP contribution < -0.4 is 9.64 Å². The summed E-state index contributed by atoms with van der Waals surface area (Å²) in [5.41, 5.74) is 0.175. The second-order valence-corrected chi connectivity index (χ2v) is 4.80. The van der Waals surface area contributed by atoms with Gasteiger partial charge >= 0.3 is 5.97 Å². The van der Waals surface area contributed by atoms with Gasteiger partial charge in [0.25, 0.3) is 0 Å². The summed E-state index contributed by atoms with van der Waals surface area (Å²) >= 11 is 0. The van der Waals surface area contributed by atoms with Crippen LogP contribution in [0.2, 0.25) is 0 Å². The van der Waals surface area contributed by atoms with Crippen molar-refractivity contribution in [2.24, 2.45) is 0 Å². The number of hydrogen-bond acceptors (Lipinski definition) is 3. The van der Waals surface area contributed by atoms with E-state index < -0.39 is 11.5 Å². The van der Waals surface area contributed by atoms with E-state index in [4.69, 9.17) is 4.74 Å². The Morgan fingerprint density at radius 3 is 2.28 bits per heavy atom. The minimum Gasteiger partial charge on any atom is -0.497 e. The molecule has 18 heavy (non-hydrogen) atoms. The highest BCUT2D eigenvalue weighted by atomic mass is 16.5. The summed E-state index contributed by atoms with van der Waals surface area (Å²) in [7, 11) is 3.48. The number of carboxylic acids is 1. The average molecular weight is 249 g/mol. The smallest absolute Gasteiger partial charge is 0.329 e. The van der Waals surface area contributed by atoms with Gasteiger partial charge in [-0.1, -0.05) is 12.8 Å². The number of nitrogens with zero attached hydrogens (tertiary/aromatic N) is 1. The summed E-state index contributed by atoms with van der Waals surface area (Å²) < 4.78 is 5.11. The third-order valence-electron chi connectivity index (χ3n) is 3.93. The maximum absolute atomic E-state index is 11.6. The molecule has 0 unspecified atom stereocenters. The predicted molar refractivity (Wildman–Crippen MR) is 70.2 cm³/mol. The van der Waals surface area contributed by atoms with Crippen molar-refractivity contribution in [1.29, 1.82) is 0 Å². The second kappa shape index (κ2) is 4.88. The van der Waals surface area contributed by atoms with Gasteiger partial charge in [0, 0.05) is 12.7 Å². The Morgan fingerprint density at radius 2 is 1.83 bits per heavy atom. The van der Waals surface area contributed by atoms with Crippen molar-refractivity contribution in [3.05, 3.63) is 24.3 Å². The molecule has 0 saturated heterocycles. The third kappa shape index (κ3) is 2.03. The lowest BCUT2D eigenvalue weighted by molar-refractivity contribution is -0.143. The fourth-order valence-electron chi connectivity index (χ4n) is 2.71. The van der Waals surface area contributed by atoms with E-state index in [1.54, 1.807) is 7.11 Å². The van der Waals surface area contributed by atoms with Gasteiger partial charge in [-0.15, -0.1) is 0 Å². The normalized spacial score (nSPS) is 17.4. The van der Waals surface area contributed by atoms with Gasteiger partial charge in [-0.3, -0.25) is 0 Å². The van der Waals surface area contributed by atoms with Crippen LogP contribution in [0.4, 0.5) is 5.69 Å². The van der Waals surface area contributed by atoms with Crippen molar-refractivity contribution < 1.29 is 14.6 Å². The first-order valence-corrected chi connectivity index (χ1v) is 6.21. The largest absolute Gasteiger partial charge is 0.497 e. The van der Waals surface area contributed by atoms with Crippen LogP contribution in [0.15, 0.2) is 24.3 Å². The summed E-state index contributed by atoms with van der Waals surface area (Å²) in [6.45, 7) is 0. The lowest BCUT2D eigenvalue weighted by atomic mass is 9.95. The Balaban J connectivity index is 2.27. The molecule has 1 aliphatic carbocycles. The van der Waals surface area contributed by atoms with Gasteiger partial charge in [-0.05, 0) is 37.1 Å². The molecule has 0 bridgehead atoms. The highest BCUT2D eigenvalue weighted by molar-refractivity contribution is 5.84. The molecular formula is C14H19NO3. The molecule has 1 saturated carbocycles. The zero-order chi connectivity index (χ0) is 13.2. The number of anilines is 1. The minimum absolute atomic E-state index is 0.713. The van der Waals surface area contributed by atoms with Crippen LogP contribution in [0.3, 0.4) is 0 Å². The Hall–Kier alpha value is -1.71. The number of ether oxygens (including phenoxy) is 1. The number of carboxylic acid groups (broad SMARTS) is 1. The minimum atomic E-state index is -0.741. The topological polar surface area (TPSA) is 49.8 Å². The van der Waals surface area contributed by atoms with Gasteiger partial charge < -0.3 is 14.7 Å². The summed E-state index contributed by atoms with van der Waals surface area (Å²) in [6, 6.07) is 7.52. The van der Waals surface area contributed by atoms with Crippen LogP contribution in [-0.2, 0) is 4.79 Å². The molecule has 98 valence electrons. The van der Waals surface area contributed by atoms with E-state index in [0.29, 0.717) is 12.8 Å². The Morgan fingerprint density at radius 1 is 1.28 bits per heavy atom. The number of carbonyl (C=O) groups is 1. The first-order valence-electron chi connectivity index (χ1n) is 6.21. The fourth-order valence-corrected chi connectivity index (χ4v) is 2.71. The van der Waals surface area contributed by atoms with Crippen LogP contribution in [0, 0.1) is 0 Å². The second-order valence-electron chi connectivity index (χ2n) is 4.80. The van der Waals surface area contributed by atoms with Crippen molar-refractivity contribution in [1.82, 2.24) is 0 Å². The van der Waals surface area contributed by atoms with Crippen LogP contribution in [0.1, 0.15) is 25.7 Å². The van der Waals surface area contributed by atoms with Crippen molar-refractivity contribution in [3.8, 4) is 5.75 Å². The maximum atomic E-state index is 11.6. The molecule has 4 heteroatoms. The molecule has 1 aromatic rings. The van der Waals surface area contributed by atoms with Crippen LogP contribution in [0.25, 0.3) is 0 Å². The van der Waals surface area contributed by atoms with Crippen LogP contribution in [-0.4, -0.2) is 30.8 Å². The van der Waals surface area contributed by atoms with Crippen molar-refractivity contribution in [2.45, 2.75) is 31.2 Å². The van der Waals surface area contributed by atoms with E-state index in [9.17, 15) is 9.90 Å². The third-order valence-corrected chi connectivity index (χ3v) is 3.93. The van der Waals surface area contributed by atoms with Crippen molar-refractivity contribution in [3.63, 3.8) is 0 Å². The number of likely N-dealkylation sites (N-methyl/N-ethyl adjacent to an activating group) is 1. The standard InChI is InChI=1S/C14H19NO3/c1-15(11-5-7-12(18-2)8-6-11)14(13(16)17)9-3-4-10-14/h5-8H,3-4,9-10H2,1-2H3,(H,16,17). The average Bonchev–Trinajstić information content (AvgIpc) is 2.88. The molecule has 4 nitrogen and oxygen atoms in total. The Labute approximate surface area is 107 Å². The first kappa shape index (κ1) is 12.7. The van der Waals surface area contributed by atoms with Gasteiger partial charge in [0.1, 0.15) is 11.3 Å². The molecule has 0 aliphatic heterocycles. The van der Waals surface area contributed by atoms with Crippen molar-refractivity contribution in [2.75, 3.05) is 19.1 Å². The molecule has 0 heterocycles. The number of benzene rings is 1. The quantitative estimate of drug-likeness (QED) is 0.890. The highest BCUT2D eigenvalue weighted by Gasteiger charge is 2.45. The molecule has 0 spiro atoms. The maximum Gasteiger partial charge on any atom is 0.329 e. The van der Waals surface area contributed by atoms with E-state index in [1.165, 1.54) is 0 Å². The molecule has 2 rings (SSSR count). The lowest BCUT2D eigenvalue weighted by Crippen LogP contribution is -2.51. The fraction of sp³-hybridized carbons (Fsp3) is 0.500. The summed E-state index contributed by atoms with van der Waals surface area (Å²) in [4.78, 5) is 13.5. The lowest BCUT2D eigenvalue weighted by Gasteiger charge is -2.36. The summed E-state index contributed by atoms with van der Waals surface area (Å²) in [5.74, 6) is 0.0567. The van der Waals surface area contributed by atoms with Gasteiger partial charge in [0.05, 0.1) is 7.11 Å². The van der Waals surface area contributed by atoms with E-state index >= 15 is 0 Å². The molecule has 1 N–H and O–H groups in total. The zero-order valence-corrected chi connectivity index (χ0v) is 10.8. The molecule has 1 aromatic carbocycles. The molecule has 0 aromatic heterocycles. The molecule has 1 fully saturated rings. The van der Waals surface area contributed by atoms with E-state index in [2.05, 4.69) is 0 Å². The van der Waals surface area contributed by atoms with E-state index in [-0.39, 0.29) is 0 Å². The van der Waals surface area contributed by atoms with Gasteiger partial charge in [0.15, 0.2) is 0 Å². The zero-order valence-electron chi connectivity index (χ0n) is 10.8. The predicted octanol–water partition coefficient (Wildman–Crippen LogP) is 2.53. The molecule has 0 atom stereocenters. The van der Waals surface area contributed by atoms with Crippen LogP contribution in [0.5, 0.6) is 5.75 Å². The summed E-state index contributed by atoms with van der Waals surface area (Å²) in [6.07, 6.45) is 3.38. The first-order chi connectivity index (χ1) is 8.60. The van der Waals surface area contributed by atoms with E-state index in [1.807, 2.05) is 36.2 Å². The molecule has 0 radical (unpaired) electrons. The SMILES string of the molecule is COc1ccc(N(C)C2(C(=O)O)CCCC2)cc1. The number of methoxy groups -OCH3 is 1.